The van der Waals surface area contributed by atoms with E-state index >= 15 is 0 Å². The lowest BCUT2D eigenvalue weighted by Gasteiger charge is -2.04. The minimum atomic E-state index is -4.40. The van der Waals surface area contributed by atoms with Crippen LogP contribution in [0.3, 0.4) is 0 Å². The molecule has 1 rings (SSSR count). The normalized spacial score (nSPS) is 24.3. The molecule has 0 bridgehead atoms. The van der Waals surface area contributed by atoms with Gasteiger partial charge in [0.15, 0.2) is 0 Å². The van der Waals surface area contributed by atoms with E-state index < -0.39 is 11.2 Å². The monoisotopic (exact) mass is 197 g/mol. The zero-order chi connectivity index (χ0) is 9.57. The summed E-state index contributed by atoms with van der Waals surface area (Å²) < 4.78 is 35.6. The van der Waals surface area contributed by atoms with Gasteiger partial charge in [-0.2, -0.15) is 13.2 Å². The summed E-state index contributed by atoms with van der Waals surface area (Å²) in [6.07, 6.45) is -2.66. The van der Waals surface area contributed by atoms with Crippen LogP contribution in [-0.4, -0.2) is 6.18 Å². The Morgan fingerprint density at radius 2 is 1.92 bits per heavy atom. The lowest BCUT2D eigenvalue weighted by atomic mass is 10.1. The molecule has 1 aliphatic carbocycles. The largest absolute Gasteiger partial charge is 0.426 e. The van der Waals surface area contributed by atoms with Crippen molar-refractivity contribution >= 4 is 11.6 Å². The third kappa shape index (κ3) is 2.16. The number of halogens is 4. The molecule has 69 valence electrons. The summed E-state index contributed by atoms with van der Waals surface area (Å²) in [6, 6.07) is 0. The van der Waals surface area contributed by atoms with Crippen LogP contribution in [0.1, 0.15) is 20.3 Å². The van der Waals surface area contributed by atoms with Gasteiger partial charge in [-0.3, -0.25) is 0 Å². The highest BCUT2D eigenvalue weighted by molar-refractivity contribution is 6.30. The Morgan fingerprint density at radius 1 is 1.50 bits per heavy atom. The molecule has 0 spiro atoms. The first-order valence-corrected chi connectivity index (χ1v) is 3.92. The summed E-state index contributed by atoms with van der Waals surface area (Å²) in [4.78, 5) is 0. The molecule has 12 heavy (non-hydrogen) atoms. The van der Waals surface area contributed by atoms with Gasteiger partial charge in [0.05, 0.1) is 0 Å². The summed E-state index contributed by atoms with van der Waals surface area (Å²) in [6.45, 7) is 3.78. The van der Waals surface area contributed by atoms with Crippen LogP contribution < -0.4 is 0 Å². The molecule has 0 nitrogen and oxygen atoms in total. The molecule has 0 aliphatic heterocycles. The molecule has 0 aromatic carbocycles. The summed E-state index contributed by atoms with van der Waals surface area (Å²) in [5, 5.41) is -1.02. The molecule has 0 saturated heterocycles. The molecule has 1 fully saturated rings. The van der Waals surface area contributed by atoms with Gasteiger partial charge in [-0.25, -0.2) is 0 Å². The van der Waals surface area contributed by atoms with Crippen molar-refractivity contribution in [3.05, 3.63) is 17.0 Å². The van der Waals surface area contributed by atoms with Crippen LogP contribution >= 0.6 is 11.6 Å². The van der Waals surface area contributed by atoms with Crippen molar-refractivity contribution < 1.29 is 13.2 Å². The van der Waals surface area contributed by atoms with Gasteiger partial charge >= 0.3 is 6.18 Å². The van der Waals surface area contributed by atoms with Gasteiger partial charge in [-0.1, -0.05) is 31.5 Å². The predicted molar refractivity (Wildman–Crippen MR) is 41.6 cm³/mol. The van der Waals surface area contributed by atoms with E-state index in [2.05, 4.69) is 0 Å². The first-order chi connectivity index (χ1) is 5.23. The second-order valence-corrected chi connectivity index (χ2v) is 3.98. The smallest absolute Gasteiger partial charge is 0.165 e. The molecular weight excluding hydrogens is 189 g/mol. The number of rotatable bonds is 1. The zero-order valence-corrected chi connectivity index (χ0v) is 7.55. The quantitative estimate of drug-likeness (QED) is 0.602. The average Bonchev–Trinajstić information content (AvgIpc) is 2.36. The van der Waals surface area contributed by atoms with E-state index in [0.29, 0.717) is 6.42 Å². The molecule has 0 heterocycles. The fraction of sp³-hybridized carbons (Fsp3) is 0.625. The number of hydrogen-bond acceptors (Lipinski definition) is 0. The van der Waals surface area contributed by atoms with Crippen LogP contribution in [0.5, 0.6) is 0 Å². The number of allylic oxidation sites excluding steroid dienone is 2. The summed E-state index contributed by atoms with van der Waals surface area (Å²) in [5.41, 5.74) is -0.0780. The van der Waals surface area contributed by atoms with E-state index in [1.165, 1.54) is 0 Å². The average molecular weight is 198 g/mol. The molecule has 0 aromatic rings. The Bertz CT molecular complexity index is 215. The third-order valence-corrected chi connectivity index (χ3v) is 2.27. The minimum absolute atomic E-state index is 0.0780. The van der Waals surface area contributed by atoms with Crippen LogP contribution in [0.15, 0.2) is 11.1 Å². The van der Waals surface area contributed by atoms with Crippen LogP contribution in [0.25, 0.3) is 0 Å². The van der Waals surface area contributed by atoms with Crippen molar-refractivity contribution in [2.45, 2.75) is 26.4 Å². The highest BCUT2D eigenvalue weighted by Crippen LogP contribution is 2.55. The molecule has 4 heteroatoms. The highest BCUT2D eigenvalue weighted by atomic mass is 35.5. The fourth-order valence-electron chi connectivity index (χ4n) is 0.913. The van der Waals surface area contributed by atoms with E-state index in [0.717, 1.165) is 12.0 Å². The van der Waals surface area contributed by atoms with E-state index in [4.69, 9.17) is 11.6 Å². The van der Waals surface area contributed by atoms with Crippen molar-refractivity contribution in [3.63, 3.8) is 0 Å². The maximum absolute atomic E-state index is 11.9. The Kier molecular flexibility index (Phi) is 2.19. The van der Waals surface area contributed by atoms with Crippen molar-refractivity contribution in [2.24, 2.45) is 5.41 Å². The zero-order valence-electron chi connectivity index (χ0n) is 6.80. The van der Waals surface area contributed by atoms with Crippen molar-refractivity contribution in [3.8, 4) is 0 Å². The molecular formula is C8H9ClF3. The maximum Gasteiger partial charge on any atom is 0.426 e. The molecule has 1 saturated carbocycles. The first-order valence-electron chi connectivity index (χ1n) is 3.54. The summed E-state index contributed by atoms with van der Waals surface area (Å²) >= 11 is 5.03. The highest BCUT2D eigenvalue weighted by Gasteiger charge is 2.46. The Morgan fingerprint density at radius 3 is 2.17 bits per heavy atom. The number of alkyl halides is 3. The van der Waals surface area contributed by atoms with E-state index in [9.17, 15) is 13.2 Å². The number of hydrogen-bond donors (Lipinski definition) is 0. The standard InChI is InChI=1S/C8H9ClF3/c1-7(2)4-5(7)3-6(9)8(10,11)12/h3H,4H2,1-2H3. The third-order valence-electron chi connectivity index (χ3n) is 1.95. The molecule has 0 unspecified atom stereocenters. The van der Waals surface area contributed by atoms with Crippen LogP contribution in [-0.2, 0) is 0 Å². The molecule has 0 N–H and O–H groups in total. The molecule has 0 atom stereocenters. The van der Waals surface area contributed by atoms with Gasteiger partial charge in [0.25, 0.3) is 0 Å². The summed E-state index contributed by atoms with van der Waals surface area (Å²) in [5.74, 6) is 0.768. The molecule has 0 aromatic heterocycles. The Labute approximate surface area is 74.4 Å². The molecule has 1 aliphatic rings. The second kappa shape index (κ2) is 2.66. The van der Waals surface area contributed by atoms with Crippen LogP contribution in [0, 0.1) is 11.3 Å². The second-order valence-electron chi connectivity index (χ2n) is 3.58. The molecule has 1 radical (unpaired) electrons. The maximum atomic E-state index is 11.9. The van der Waals surface area contributed by atoms with Gasteiger partial charge in [0.1, 0.15) is 5.03 Å². The van der Waals surface area contributed by atoms with E-state index in [-0.39, 0.29) is 5.41 Å². The molecule has 0 amide bonds. The first kappa shape index (κ1) is 9.90. The topological polar surface area (TPSA) is 0 Å². The van der Waals surface area contributed by atoms with Gasteiger partial charge in [-0.15, -0.1) is 0 Å². The van der Waals surface area contributed by atoms with Crippen LogP contribution in [0.2, 0.25) is 0 Å². The summed E-state index contributed by atoms with van der Waals surface area (Å²) in [7, 11) is 0. The lowest BCUT2D eigenvalue weighted by molar-refractivity contribution is -0.0846. The van der Waals surface area contributed by atoms with Crippen LogP contribution in [0.4, 0.5) is 13.2 Å². The van der Waals surface area contributed by atoms with Gasteiger partial charge in [0, 0.05) is 5.92 Å². The van der Waals surface area contributed by atoms with E-state index in [1.807, 2.05) is 13.8 Å². The Balaban J connectivity index is 2.60. The predicted octanol–water partition coefficient (Wildman–Crippen LogP) is 3.68. The van der Waals surface area contributed by atoms with Gasteiger partial charge in [-0.05, 0) is 11.8 Å². The minimum Gasteiger partial charge on any atom is -0.165 e. The van der Waals surface area contributed by atoms with Crippen molar-refractivity contribution in [1.82, 2.24) is 0 Å². The Hall–Kier alpha value is -0.180. The van der Waals surface area contributed by atoms with Gasteiger partial charge in [0.2, 0.25) is 0 Å². The SMILES string of the molecule is CC1(C)C[C]1C=C(Cl)C(F)(F)F. The lowest BCUT2D eigenvalue weighted by Crippen LogP contribution is -2.07. The van der Waals surface area contributed by atoms with Gasteiger partial charge < -0.3 is 0 Å². The van der Waals surface area contributed by atoms with Crippen molar-refractivity contribution in [1.29, 1.82) is 0 Å². The van der Waals surface area contributed by atoms with Crippen molar-refractivity contribution in [2.75, 3.05) is 0 Å². The van der Waals surface area contributed by atoms with E-state index in [1.54, 1.807) is 0 Å². The fourth-order valence-corrected chi connectivity index (χ4v) is 1.04.